The number of urea groups is 1. The van der Waals surface area contributed by atoms with E-state index in [0.717, 1.165) is 31.8 Å². The third-order valence-corrected chi connectivity index (χ3v) is 2.60. The highest BCUT2D eigenvalue weighted by Crippen LogP contribution is 2.07. The zero-order chi connectivity index (χ0) is 10.7. The van der Waals surface area contributed by atoms with Gasteiger partial charge in [0, 0.05) is 20.1 Å². The van der Waals surface area contributed by atoms with Crippen LogP contribution in [-0.2, 0) is 13.6 Å². The predicted molar refractivity (Wildman–Crippen MR) is 54.0 cm³/mol. The summed E-state index contributed by atoms with van der Waals surface area (Å²) >= 11 is 0. The fourth-order valence-corrected chi connectivity index (χ4v) is 1.65. The molecule has 15 heavy (non-hydrogen) atoms. The summed E-state index contributed by atoms with van der Waals surface area (Å²) in [6.07, 6.45) is 3.84. The number of hydrogen-bond donors (Lipinski definition) is 1. The maximum absolute atomic E-state index is 11.6. The van der Waals surface area contributed by atoms with Gasteiger partial charge in [-0.2, -0.15) is 0 Å². The lowest BCUT2D eigenvalue weighted by molar-refractivity contribution is 0.208. The normalized spacial score (nSPS) is 15.7. The summed E-state index contributed by atoms with van der Waals surface area (Å²) in [5.74, 6) is 0.766. The van der Waals surface area contributed by atoms with E-state index in [1.807, 2.05) is 11.9 Å². The molecule has 1 aliphatic rings. The van der Waals surface area contributed by atoms with Crippen LogP contribution in [0.4, 0.5) is 4.79 Å². The van der Waals surface area contributed by atoms with Crippen LogP contribution in [0.5, 0.6) is 0 Å². The largest absolute Gasteiger partial charge is 0.331 e. The second-order valence-corrected chi connectivity index (χ2v) is 3.71. The summed E-state index contributed by atoms with van der Waals surface area (Å²) in [7, 11) is 1.86. The number of hydrogen-bond acceptors (Lipinski definition) is 3. The van der Waals surface area contributed by atoms with Crippen LogP contribution in [0, 0.1) is 0 Å². The maximum atomic E-state index is 11.6. The Morgan fingerprint density at radius 3 is 2.87 bits per heavy atom. The summed E-state index contributed by atoms with van der Waals surface area (Å²) in [4.78, 5) is 13.4. The van der Waals surface area contributed by atoms with Gasteiger partial charge in [-0.1, -0.05) is 0 Å². The standard InChI is InChI=1S/C9H15N5O/c1-13-7-11-12-8(13)6-10-9(15)14-4-2-3-5-14/h7H,2-6H2,1H3,(H,10,15). The molecule has 1 fully saturated rings. The second kappa shape index (κ2) is 4.29. The zero-order valence-electron chi connectivity index (χ0n) is 8.81. The summed E-state index contributed by atoms with van der Waals surface area (Å²) in [6.45, 7) is 2.17. The predicted octanol–water partition coefficient (Wildman–Crippen LogP) is 0.120. The van der Waals surface area contributed by atoms with Crippen molar-refractivity contribution in [1.29, 1.82) is 0 Å². The average Bonchev–Trinajstić information content (AvgIpc) is 2.85. The first kappa shape index (κ1) is 9.95. The van der Waals surface area contributed by atoms with Crippen molar-refractivity contribution in [3.63, 3.8) is 0 Å². The smallest absolute Gasteiger partial charge is 0.317 e. The number of carbonyl (C=O) groups is 1. The van der Waals surface area contributed by atoms with Crippen LogP contribution in [-0.4, -0.2) is 38.8 Å². The Kier molecular flexibility index (Phi) is 2.84. The van der Waals surface area contributed by atoms with Crippen molar-refractivity contribution in [3.05, 3.63) is 12.2 Å². The first-order chi connectivity index (χ1) is 7.27. The first-order valence-corrected chi connectivity index (χ1v) is 5.13. The van der Waals surface area contributed by atoms with E-state index in [9.17, 15) is 4.79 Å². The highest BCUT2D eigenvalue weighted by molar-refractivity contribution is 5.74. The number of aromatic nitrogens is 3. The molecule has 6 heteroatoms. The van der Waals surface area contributed by atoms with Crippen LogP contribution in [0.25, 0.3) is 0 Å². The Bertz CT molecular complexity index is 342. The fraction of sp³-hybridized carbons (Fsp3) is 0.667. The molecule has 0 unspecified atom stereocenters. The van der Waals surface area contributed by atoms with Crippen molar-refractivity contribution < 1.29 is 4.79 Å². The van der Waals surface area contributed by atoms with Gasteiger partial charge in [-0.3, -0.25) is 0 Å². The molecular weight excluding hydrogens is 194 g/mol. The van der Waals surface area contributed by atoms with E-state index < -0.39 is 0 Å². The summed E-state index contributed by atoms with van der Waals surface area (Å²) < 4.78 is 1.80. The number of aryl methyl sites for hydroxylation is 1. The summed E-state index contributed by atoms with van der Waals surface area (Å²) in [5.41, 5.74) is 0. The van der Waals surface area contributed by atoms with Gasteiger partial charge >= 0.3 is 6.03 Å². The molecule has 2 rings (SSSR count). The molecule has 2 amide bonds. The number of carbonyl (C=O) groups excluding carboxylic acids is 1. The lowest BCUT2D eigenvalue weighted by atomic mass is 10.4. The minimum atomic E-state index is -0.00417. The lowest BCUT2D eigenvalue weighted by Crippen LogP contribution is -2.37. The van der Waals surface area contributed by atoms with Gasteiger partial charge in [0.1, 0.15) is 6.33 Å². The van der Waals surface area contributed by atoms with Crippen LogP contribution in [0.1, 0.15) is 18.7 Å². The number of nitrogens with one attached hydrogen (secondary N) is 1. The van der Waals surface area contributed by atoms with Crippen molar-refractivity contribution in [2.45, 2.75) is 19.4 Å². The van der Waals surface area contributed by atoms with E-state index in [0.29, 0.717) is 6.54 Å². The van der Waals surface area contributed by atoms with Gasteiger partial charge in [-0.15, -0.1) is 10.2 Å². The van der Waals surface area contributed by atoms with Crippen LogP contribution in [0.15, 0.2) is 6.33 Å². The minimum absolute atomic E-state index is 0.00417. The van der Waals surface area contributed by atoms with E-state index in [1.165, 1.54) is 0 Å². The molecule has 0 radical (unpaired) electrons. The van der Waals surface area contributed by atoms with Crippen molar-refractivity contribution in [1.82, 2.24) is 25.0 Å². The molecule has 0 bridgehead atoms. The van der Waals surface area contributed by atoms with Gasteiger partial charge in [0.15, 0.2) is 5.82 Å². The number of likely N-dealkylation sites (tertiary alicyclic amines) is 1. The van der Waals surface area contributed by atoms with Crippen LogP contribution in [0.2, 0.25) is 0 Å². The van der Waals surface area contributed by atoms with Gasteiger partial charge in [-0.25, -0.2) is 4.79 Å². The molecule has 82 valence electrons. The Hall–Kier alpha value is -1.59. The molecule has 1 N–H and O–H groups in total. The van der Waals surface area contributed by atoms with Crippen molar-refractivity contribution in [3.8, 4) is 0 Å². The Morgan fingerprint density at radius 2 is 2.27 bits per heavy atom. The molecule has 1 saturated heterocycles. The van der Waals surface area contributed by atoms with E-state index in [1.54, 1.807) is 10.9 Å². The van der Waals surface area contributed by atoms with Crippen molar-refractivity contribution in [2.75, 3.05) is 13.1 Å². The van der Waals surface area contributed by atoms with Gasteiger partial charge in [-0.05, 0) is 12.8 Å². The van der Waals surface area contributed by atoms with E-state index in [-0.39, 0.29) is 6.03 Å². The number of amides is 2. The second-order valence-electron chi connectivity index (χ2n) is 3.71. The molecule has 1 aromatic heterocycles. The third-order valence-electron chi connectivity index (χ3n) is 2.60. The molecule has 0 aliphatic carbocycles. The summed E-state index contributed by atoms with van der Waals surface area (Å²) in [6, 6.07) is -0.00417. The number of rotatable bonds is 2. The maximum Gasteiger partial charge on any atom is 0.317 e. The molecule has 6 nitrogen and oxygen atoms in total. The quantitative estimate of drug-likeness (QED) is 0.752. The van der Waals surface area contributed by atoms with Crippen LogP contribution < -0.4 is 5.32 Å². The van der Waals surface area contributed by atoms with Gasteiger partial charge in [0.2, 0.25) is 0 Å². The van der Waals surface area contributed by atoms with Crippen molar-refractivity contribution in [2.24, 2.45) is 7.05 Å². The monoisotopic (exact) mass is 209 g/mol. The third kappa shape index (κ3) is 2.26. The number of nitrogens with zero attached hydrogens (tertiary/aromatic N) is 4. The van der Waals surface area contributed by atoms with Crippen LogP contribution >= 0.6 is 0 Å². The Balaban J connectivity index is 1.83. The molecule has 0 spiro atoms. The molecule has 1 aromatic rings. The van der Waals surface area contributed by atoms with Crippen molar-refractivity contribution >= 4 is 6.03 Å². The first-order valence-electron chi connectivity index (χ1n) is 5.13. The molecular formula is C9H15N5O. The minimum Gasteiger partial charge on any atom is -0.331 e. The average molecular weight is 209 g/mol. The van der Waals surface area contributed by atoms with E-state index >= 15 is 0 Å². The van der Waals surface area contributed by atoms with E-state index in [2.05, 4.69) is 15.5 Å². The molecule has 0 aromatic carbocycles. The van der Waals surface area contributed by atoms with E-state index in [4.69, 9.17) is 0 Å². The Morgan fingerprint density at radius 1 is 1.53 bits per heavy atom. The van der Waals surface area contributed by atoms with Gasteiger partial charge in [0.05, 0.1) is 6.54 Å². The molecule has 0 saturated carbocycles. The van der Waals surface area contributed by atoms with Gasteiger partial charge in [0.25, 0.3) is 0 Å². The molecule has 0 atom stereocenters. The summed E-state index contributed by atoms with van der Waals surface area (Å²) in [5, 5.41) is 10.5. The highest BCUT2D eigenvalue weighted by Gasteiger charge is 2.17. The zero-order valence-corrected chi connectivity index (χ0v) is 8.81. The fourth-order valence-electron chi connectivity index (χ4n) is 1.65. The van der Waals surface area contributed by atoms with Crippen LogP contribution in [0.3, 0.4) is 0 Å². The SMILES string of the molecule is Cn1cnnc1CNC(=O)N1CCCC1. The Labute approximate surface area is 88.3 Å². The topological polar surface area (TPSA) is 63.1 Å². The molecule has 2 heterocycles. The highest BCUT2D eigenvalue weighted by atomic mass is 16.2. The lowest BCUT2D eigenvalue weighted by Gasteiger charge is -2.15. The molecule has 1 aliphatic heterocycles. The van der Waals surface area contributed by atoms with Gasteiger partial charge < -0.3 is 14.8 Å².